The second-order valence-corrected chi connectivity index (χ2v) is 6.20. The first-order chi connectivity index (χ1) is 8.77. The molecule has 2 saturated carbocycles. The standard InChI is InChI=1S/C16H22O2/c17-15-10-14(11-6-2-1-3-7-11)16(18)13-9-5-4-8-12(13)15/h10-13H,1-9H2. The summed E-state index contributed by atoms with van der Waals surface area (Å²) in [6.45, 7) is 0. The van der Waals surface area contributed by atoms with Crippen LogP contribution in [0.2, 0.25) is 0 Å². The van der Waals surface area contributed by atoms with Crippen LogP contribution in [-0.4, -0.2) is 11.6 Å². The molecule has 3 aliphatic carbocycles. The van der Waals surface area contributed by atoms with Gasteiger partial charge in [-0.2, -0.15) is 0 Å². The maximum atomic E-state index is 12.6. The lowest BCUT2D eigenvalue weighted by Crippen LogP contribution is -2.38. The second-order valence-electron chi connectivity index (χ2n) is 6.20. The van der Waals surface area contributed by atoms with Gasteiger partial charge in [-0.1, -0.05) is 32.1 Å². The van der Waals surface area contributed by atoms with Crippen LogP contribution in [0.5, 0.6) is 0 Å². The van der Waals surface area contributed by atoms with E-state index in [4.69, 9.17) is 0 Å². The van der Waals surface area contributed by atoms with Crippen molar-refractivity contribution in [3.63, 3.8) is 0 Å². The molecule has 0 aromatic rings. The molecule has 0 heterocycles. The topological polar surface area (TPSA) is 34.1 Å². The molecule has 2 atom stereocenters. The summed E-state index contributed by atoms with van der Waals surface area (Å²) in [6.07, 6.45) is 11.8. The zero-order valence-corrected chi connectivity index (χ0v) is 11.0. The third-order valence-corrected chi connectivity index (χ3v) is 5.10. The fraction of sp³-hybridized carbons (Fsp3) is 0.750. The quantitative estimate of drug-likeness (QED) is 0.710. The molecule has 0 bridgehead atoms. The number of carbonyl (C=O) groups is 2. The Morgan fingerprint density at radius 2 is 1.39 bits per heavy atom. The van der Waals surface area contributed by atoms with Crippen LogP contribution < -0.4 is 0 Å². The van der Waals surface area contributed by atoms with Crippen molar-refractivity contribution >= 4 is 11.6 Å². The Kier molecular flexibility index (Phi) is 3.36. The van der Waals surface area contributed by atoms with E-state index in [-0.39, 0.29) is 17.6 Å². The van der Waals surface area contributed by atoms with Gasteiger partial charge < -0.3 is 0 Å². The smallest absolute Gasteiger partial charge is 0.163 e. The average molecular weight is 246 g/mol. The Bertz CT molecular complexity index is 388. The Labute approximate surface area is 109 Å². The summed E-state index contributed by atoms with van der Waals surface area (Å²) in [5.74, 6) is 1.02. The predicted molar refractivity (Wildman–Crippen MR) is 70.1 cm³/mol. The van der Waals surface area contributed by atoms with Crippen LogP contribution in [0.3, 0.4) is 0 Å². The van der Waals surface area contributed by atoms with Gasteiger partial charge in [0.15, 0.2) is 11.6 Å². The SMILES string of the molecule is O=C1C=C(C2CCCCC2)C(=O)C2CCCCC12. The van der Waals surface area contributed by atoms with Crippen molar-refractivity contribution in [3.05, 3.63) is 11.6 Å². The van der Waals surface area contributed by atoms with Crippen molar-refractivity contribution in [2.45, 2.75) is 57.8 Å². The van der Waals surface area contributed by atoms with Crippen LogP contribution in [0.25, 0.3) is 0 Å². The zero-order valence-electron chi connectivity index (χ0n) is 11.0. The van der Waals surface area contributed by atoms with Crippen LogP contribution in [0.15, 0.2) is 11.6 Å². The van der Waals surface area contributed by atoms with Crippen molar-refractivity contribution < 1.29 is 9.59 Å². The molecule has 0 radical (unpaired) electrons. The first-order valence-electron chi connectivity index (χ1n) is 7.57. The first kappa shape index (κ1) is 12.1. The second kappa shape index (κ2) is 4.99. The number of hydrogen-bond donors (Lipinski definition) is 0. The van der Waals surface area contributed by atoms with E-state index in [9.17, 15) is 9.59 Å². The van der Waals surface area contributed by atoms with Gasteiger partial charge in [0, 0.05) is 17.4 Å². The maximum Gasteiger partial charge on any atom is 0.163 e. The molecular weight excluding hydrogens is 224 g/mol. The Morgan fingerprint density at radius 1 is 0.778 bits per heavy atom. The van der Waals surface area contributed by atoms with Gasteiger partial charge in [0.05, 0.1) is 0 Å². The monoisotopic (exact) mass is 246 g/mol. The van der Waals surface area contributed by atoms with Crippen LogP contribution >= 0.6 is 0 Å². The molecule has 0 saturated heterocycles. The van der Waals surface area contributed by atoms with Crippen LogP contribution in [0.4, 0.5) is 0 Å². The molecule has 2 unspecified atom stereocenters. The lowest BCUT2D eigenvalue weighted by Gasteiger charge is -2.35. The normalized spacial score (nSPS) is 34.1. The number of Topliss-reactive ketones (excluding diaryl/α,β-unsaturated/α-hetero) is 1. The maximum absolute atomic E-state index is 12.6. The fourth-order valence-corrected chi connectivity index (χ4v) is 4.06. The van der Waals surface area contributed by atoms with E-state index in [1.54, 1.807) is 6.08 Å². The van der Waals surface area contributed by atoms with E-state index in [2.05, 4.69) is 0 Å². The fourth-order valence-electron chi connectivity index (χ4n) is 4.06. The van der Waals surface area contributed by atoms with E-state index >= 15 is 0 Å². The third-order valence-electron chi connectivity index (χ3n) is 5.10. The molecular formula is C16H22O2. The molecule has 2 fully saturated rings. The summed E-state index contributed by atoms with van der Waals surface area (Å²) in [5, 5.41) is 0. The van der Waals surface area contributed by atoms with Gasteiger partial charge in [-0.15, -0.1) is 0 Å². The molecule has 3 rings (SSSR count). The van der Waals surface area contributed by atoms with Crippen molar-refractivity contribution in [1.29, 1.82) is 0 Å². The molecule has 98 valence electrons. The predicted octanol–water partition coefficient (Wildman–Crippen LogP) is 3.45. The highest BCUT2D eigenvalue weighted by atomic mass is 16.1. The third kappa shape index (κ3) is 2.06. The number of allylic oxidation sites excluding steroid dienone is 2. The van der Waals surface area contributed by atoms with E-state index in [0.717, 1.165) is 44.1 Å². The van der Waals surface area contributed by atoms with E-state index in [1.165, 1.54) is 19.3 Å². The van der Waals surface area contributed by atoms with Gasteiger partial charge in [-0.3, -0.25) is 9.59 Å². The number of carbonyl (C=O) groups excluding carboxylic acids is 2. The highest BCUT2D eigenvalue weighted by Gasteiger charge is 2.41. The molecule has 2 nitrogen and oxygen atoms in total. The number of ketones is 2. The van der Waals surface area contributed by atoms with Crippen molar-refractivity contribution in [3.8, 4) is 0 Å². The van der Waals surface area contributed by atoms with Crippen molar-refractivity contribution in [2.75, 3.05) is 0 Å². The Morgan fingerprint density at radius 3 is 2.11 bits per heavy atom. The highest BCUT2D eigenvalue weighted by molar-refractivity contribution is 6.11. The lowest BCUT2D eigenvalue weighted by molar-refractivity contribution is -0.131. The van der Waals surface area contributed by atoms with Gasteiger partial charge in [-0.05, 0) is 37.7 Å². The summed E-state index contributed by atoms with van der Waals surface area (Å²) in [5.41, 5.74) is 0.892. The minimum Gasteiger partial charge on any atom is -0.295 e. The van der Waals surface area contributed by atoms with Gasteiger partial charge >= 0.3 is 0 Å². The molecule has 2 heteroatoms. The van der Waals surface area contributed by atoms with Crippen LogP contribution in [-0.2, 0) is 9.59 Å². The van der Waals surface area contributed by atoms with E-state index in [0.29, 0.717) is 11.7 Å². The summed E-state index contributed by atoms with van der Waals surface area (Å²) in [4.78, 5) is 24.8. The van der Waals surface area contributed by atoms with Gasteiger partial charge in [0.1, 0.15) is 0 Å². The molecule has 0 spiro atoms. The summed E-state index contributed by atoms with van der Waals surface area (Å²) < 4.78 is 0. The number of hydrogen-bond acceptors (Lipinski definition) is 2. The van der Waals surface area contributed by atoms with Gasteiger partial charge in [0.25, 0.3) is 0 Å². The number of fused-ring (bicyclic) bond motifs is 1. The van der Waals surface area contributed by atoms with Crippen molar-refractivity contribution in [2.24, 2.45) is 17.8 Å². The Balaban J connectivity index is 1.85. The minimum absolute atomic E-state index is 0.0265. The summed E-state index contributed by atoms with van der Waals surface area (Å²) in [7, 11) is 0. The van der Waals surface area contributed by atoms with Crippen molar-refractivity contribution in [1.82, 2.24) is 0 Å². The van der Waals surface area contributed by atoms with Crippen LogP contribution in [0.1, 0.15) is 57.8 Å². The zero-order chi connectivity index (χ0) is 12.5. The van der Waals surface area contributed by atoms with E-state index < -0.39 is 0 Å². The Hall–Kier alpha value is -0.920. The molecule has 0 aliphatic heterocycles. The molecule has 0 aromatic carbocycles. The molecule has 0 amide bonds. The van der Waals surface area contributed by atoms with Gasteiger partial charge in [0.2, 0.25) is 0 Å². The summed E-state index contributed by atoms with van der Waals surface area (Å²) >= 11 is 0. The minimum atomic E-state index is 0.0265. The van der Waals surface area contributed by atoms with Crippen LogP contribution in [0, 0.1) is 17.8 Å². The largest absolute Gasteiger partial charge is 0.295 e. The highest BCUT2D eigenvalue weighted by Crippen LogP contribution is 2.40. The molecule has 0 N–H and O–H groups in total. The lowest BCUT2D eigenvalue weighted by atomic mass is 9.66. The van der Waals surface area contributed by atoms with Gasteiger partial charge in [-0.25, -0.2) is 0 Å². The number of rotatable bonds is 1. The molecule has 0 aromatic heterocycles. The van der Waals surface area contributed by atoms with E-state index in [1.807, 2.05) is 0 Å². The first-order valence-corrected chi connectivity index (χ1v) is 7.57. The molecule has 18 heavy (non-hydrogen) atoms. The molecule has 3 aliphatic rings. The average Bonchev–Trinajstić information content (AvgIpc) is 2.44. The summed E-state index contributed by atoms with van der Waals surface area (Å²) in [6, 6.07) is 0.